The third-order valence-electron chi connectivity index (χ3n) is 4.65. The molecule has 3 rings (SSSR count). The number of carbonyl (C=O) groups excluding carboxylic acids is 1. The average Bonchev–Trinajstić information content (AvgIpc) is 3.01. The molecule has 28 heavy (non-hydrogen) atoms. The maximum atomic E-state index is 13.1. The molecule has 0 spiro atoms. The van der Waals surface area contributed by atoms with Crippen LogP contribution >= 0.6 is 0 Å². The molecule has 2 aromatic rings. The number of non-ortho nitro benzene ring substituents is 1. The highest BCUT2D eigenvalue weighted by Crippen LogP contribution is 2.39. The van der Waals surface area contributed by atoms with Crippen LogP contribution in [0.4, 0.5) is 11.4 Å². The van der Waals surface area contributed by atoms with Gasteiger partial charge in [-0.1, -0.05) is 30.3 Å². The molecule has 2 aromatic carbocycles. The molecule has 0 unspecified atom stereocenters. The first-order valence-electron chi connectivity index (χ1n) is 8.45. The van der Waals surface area contributed by atoms with Gasteiger partial charge in [-0.15, -0.1) is 0 Å². The number of benzene rings is 2. The Morgan fingerprint density at radius 3 is 2.43 bits per heavy atom. The monoisotopic (exact) mass is 373 g/mol. The summed E-state index contributed by atoms with van der Waals surface area (Å²) in [4.78, 5) is 23.7. The topological polar surface area (TPSA) is 123 Å². The van der Waals surface area contributed by atoms with Crippen LogP contribution in [-0.4, -0.2) is 16.5 Å². The van der Waals surface area contributed by atoms with Crippen molar-refractivity contribution in [1.82, 2.24) is 0 Å². The van der Waals surface area contributed by atoms with E-state index in [1.54, 1.807) is 37.3 Å². The minimum atomic E-state index is -1.17. The lowest BCUT2D eigenvalue weighted by atomic mass is 9.75. The summed E-state index contributed by atoms with van der Waals surface area (Å²) in [6, 6.07) is 18.3. The molecule has 1 aliphatic heterocycles. The van der Waals surface area contributed by atoms with Crippen molar-refractivity contribution >= 4 is 23.0 Å². The molecule has 8 heteroatoms. The van der Waals surface area contributed by atoms with Gasteiger partial charge < -0.3 is 0 Å². The van der Waals surface area contributed by atoms with Gasteiger partial charge in [0.2, 0.25) is 0 Å². The number of hydrogen-bond donors (Lipinski definition) is 0. The van der Waals surface area contributed by atoms with Crippen molar-refractivity contribution in [2.24, 2.45) is 16.9 Å². The molecule has 0 saturated heterocycles. The summed E-state index contributed by atoms with van der Waals surface area (Å²) < 4.78 is 0. The van der Waals surface area contributed by atoms with Crippen LogP contribution in [-0.2, 0) is 4.79 Å². The Kier molecular flexibility index (Phi) is 5.14. The summed E-state index contributed by atoms with van der Waals surface area (Å²) in [6.45, 7) is 1.65. The first-order valence-corrected chi connectivity index (χ1v) is 8.45. The Hall–Kier alpha value is -4.04. The van der Waals surface area contributed by atoms with E-state index in [0.29, 0.717) is 17.0 Å². The molecule has 138 valence electrons. The molecular formula is C20H15N5O3. The number of carbonyl (C=O) groups is 1. The van der Waals surface area contributed by atoms with Crippen LogP contribution in [0.3, 0.4) is 0 Å². The van der Waals surface area contributed by atoms with Crippen LogP contribution in [0.25, 0.3) is 0 Å². The summed E-state index contributed by atoms with van der Waals surface area (Å²) in [5.41, 5.74) is 1.22. The Balaban J connectivity index is 2.07. The predicted octanol–water partition coefficient (Wildman–Crippen LogP) is 3.38. The normalized spacial score (nSPS) is 17.0. The summed E-state index contributed by atoms with van der Waals surface area (Å²) in [5.74, 6) is -3.29. The highest BCUT2D eigenvalue weighted by molar-refractivity contribution is 6.15. The van der Waals surface area contributed by atoms with Crippen molar-refractivity contribution in [2.45, 2.75) is 12.8 Å². The molecule has 2 atom stereocenters. The van der Waals surface area contributed by atoms with E-state index in [1.165, 1.54) is 23.2 Å². The van der Waals surface area contributed by atoms with Crippen molar-refractivity contribution in [3.8, 4) is 12.1 Å². The van der Waals surface area contributed by atoms with Crippen molar-refractivity contribution in [3.63, 3.8) is 0 Å². The maximum Gasteiger partial charge on any atom is 0.269 e. The first-order chi connectivity index (χ1) is 13.5. The fourth-order valence-corrected chi connectivity index (χ4v) is 3.36. The van der Waals surface area contributed by atoms with Crippen LogP contribution < -0.4 is 5.01 Å². The molecule has 1 aliphatic rings. The number of nitriles is 2. The van der Waals surface area contributed by atoms with E-state index in [0.717, 1.165) is 0 Å². The van der Waals surface area contributed by atoms with E-state index >= 15 is 0 Å². The van der Waals surface area contributed by atoms with Gasteiger partial charge in [-0.2, -0.15) is 15.6 Å². The average molecular weight is 373 g/mol. The van der Waals surface area contributed by atoms with E-state index in [9.17, 15) is 25.4 Å². The Morgan fingerprint density at radius 1 is 1.14 bits per heavy atom. The summed E-state index contributed by atoms with van der Waals surface area (Å²) in [7, 11) is 0. The smallest absolute Gasteiger partial charge is 0.269 e. The Bertz CT molecular complexity index is 1020. The fraction of sp³-hybridized carbons (Fsp3) is 0.200. The lowest BCUT2D eigenvalue weighted by Crippen LogP contribution is -2.34. The van der Waals surface area contributed by atoms with Gasteiger partial charge in [0.05, 0.1) is 28.7 Å². The summed E-state index contributed by atoms with van der Waals surface area (Å²) in [6.07, 6.45) is 0. The van der Waals surface area contributed by atoms with Crippen molar-refractivity contribution in [1.29, 1.82) is 10.5 Å². The molecule has 0 aromatic heterocycles. The standard InChI is InChI=1S/C20H15N5O3/c1-13-18(20(26)24(23-13)16-7-3-2-4-8-16)19(15(11-21)12-22)14-6-5-9-17(10-14)25(27)28/h2-10,15,18-19H,1H3/t18-,19-/m0/s1. The molecule has 0 bridgehead atoms. The van der Waals surface area contributed by atoms with Crippen LogP contribution in [0.2, 0.25) is 0 Å². The van der Waals surface area contributed by atoms with E-state index in [2.05, 4.69) is 5.10 Å². The van der Waals surface area contributed by atoms with E-state index < -0.39 is 22.7 Å². The number of amides is 1. The third-order valence-corrected chi connectivity index (χ3v) is 4.65. The number of hydrogen-bond acceptors (Lipinski definition) is 6. The molecule has 0 radical (unpaired) electrons. The second kappa shape index (κ2) is 7.68. The van der Waals surface area contributed by atoms with Crippen LogP contribution in [0.1, 0.15) is 18.4 Å². The molecule has 0 aliphatic carbocycles. The van der Waals surface area contributed by atoms with Gasteiger partial charge in [0.25, 0.3) is 11.6 Å². The van der Waals surface area contributed by atoms with Crippen molar-refractivity contribution < 1.29 is 9.72 Å². The van der Waals surface area contributed by atoms with Gasteiger partial charge in [-0.3, -0.25) is 14.9 Å². The van der Waals surface area contributed by atoms with E-state index in [4.69, 9.17) is 0 Å². The number of anilines is 1. The zero-order valence-electron chi connectivity index (χ0n) is 14.9. The number of hydrazone groups is 1. The SMILES string of the molecule is CC1=NN(c2ccccc2)C(=O)[C@@H]1[C@@H](c1cccc([N+](=O)[O-])c1)C(C#N)C#N. The molecule has 1 amide bonds. The molecule has 0 N–H and O–H groups in total. The predicted molar refractivity (Wildman–Crippen MR) is 101 cm³/mol. The van der Waals surface area contributed by atoms with Gasteiger partial charge in [0.15, 0.2) is 0 Å². The van der Waals surface area contributed by atoms with Crippen LogP contribution in [0.15, 0.2) is 59.7 Å². The minimum absolute atomic E-state index is 0.169. The lowest BCUT2D eigenvalue weighted by Gasteiger charge is -2.24. The quantitative estimate of drug-likeness (QED) is 0.587. The highest BCUT2D eigenvalue weighted by Gasteiger charge is 2.44. The number of nitro benzene ring substituents is 1. The number of para-hydroxylation sites is 1. The molecule has 0 fully saturated rings. The maximum absolute atomic E-state index is 13.1. The molecule has 0 saturated carbocycles. The second-order valence-electron chi connectivity index (χ2n) is 6.32. The molecule has 1 heterocycles. The Labute approximate surface area is 161 Å². The molecule has 8 nitrogen and oxygen atoms in total. The summed E-state index contributed by atoms with van der Waals surface area (Å²) in [5, 5.41) is 35.7. The van der Waals surface area contributed by atoms with Crippen LogP contribution in [0, 0.1) is 44.6 Å². The van der Waals surface area contributed by atoms with Gasteiger partial charge in [0, 0.05) is 23.8 Å². The van der Waals surface area contributed by atoms with Crippen molar-refractivity contribution in [2.75, 3.05) is 5.01 Å². The van der Waals surface area contributed by atoms with Gasteiger partial charge in [-0.05, 0) is 24.6 Å². The van der Waals surface area contributed by atoms with E-state index in [-0.39, 0.29) is 11.6 Å². The van der Waals surface area contributed by atoms with Crippen molar-refractivity contribution in [3.05, 3.63) is 70.3 Å². The fourth-order valence-electron chi connectivity index (χ4n) is 3.36. The molecular weight excluding hydrogens is 358 g/mol. The lowest BCUT2D eigenvalue weighted by molar-refractivity contribution is -0.384. The number of rotatable bonds is 5. The van der Waals surface area contributed by atoms with Gasteiger partial charge in [-0.25, -0.2) is 5.01 Å². The zero-order valence-corrected chi connectivity index (χ0v) is 14.9. The largest absolute Gasteiger partial charge is 0.272 e. The first kappa shape index (κ1) is 18.7. The van der Waals surface area contributed by atoms with Crippen LogP contribution in [0.5, 0.6) is 0 Å². The highest BCUT2D eigenvalue weighted by atomic mass is 16.6. The number of nitro groups is 1. The minimum Gasteiger partial charge on any atom is -0.272 e. The second-order valence-corrected chi connectivity index (χ2v) is 6.32. The zero-order chi connectivity index (χ0) is 20.3. The summed E-state index contributed by atoms with van der Waals surface area (Å²) >= 11 is 0. The van der Waals surface area contributed by atoms with Gasteiger partial charge >= 0.3 is 0 Å². The number of nitrogens with zero attached hydrogens (tertiary/aromatic N) is 5. The van der Waals surface area contributed by atoms with Gasteiger partial charge in [0.1, 0.15) is 5.92 Å². The Morgan fingerprint density at radius 2 is 1.82 bits per heavy atom. The third kappa shape index (κ3) is 3.31. The van der Waals surface area contributed by atoms with E-state index in [1.807, 2.05) is 18.2 Å².